The van der Waals surface area contributed by atoms with Crippen molar-refractivity contribution in [3.63, 3.8) is 0 Å². The van der Waals surface area contributed by atoms with Gasteiger partial charge in [0.05, 0.1) is 7.11 Å². The molecule has 1 N–H and O–H groups in total. The Morgan fingerprint density at radius 1 is 0.950 bits per heavy atom. The molecule has 2 aromatic carbocycles. The van der Waals surface area contributed by atoms with Crippen LogP contribution in [0.5, 0.6) is 5.75 Å². The first-order valence-electron chi connectivity index (χ1n) is 7.09. The van der Waals surface area contributed by atoms with E-state index >= 15 is 0 Å². The summed E-state index contributed by atoms with van der Waals surface area (Å²) in [6.45, 7) is 6.27. The second kappa shape index (κ2) is 7.11. The number of ether oxygens (including phenoxy) is 1. The summed E-state index contributed by atoms with van der Waals surface area (Å²) in [5.41, 5.74) is 5.48. The first-order valence-corrected chi connectivity index (χ1v) is 7.09. The Morgan fingerprint density at radius 3 is 2.20 bits per heavy atom. The van der Waals surface area contributed by atoms with Crippen LogP contribution < -0.4 is 10.1 Å². The Bertz CT molecular complexity index is 526. The molecule has 0 aromatic heterocycles. The summed E-state index contributed by atoms with van der Waals surface area (Å²) in [7, 11) is 1.70. The lowest BCUT2D eigenvalue weighted by molar-refractivity contribution is 0.414. The number of hydrogen-bond acceptors (Lipinski definition) is 2. The Labute approximate surface area is 121 Å². The van der Waals surface area contributed by atoms with Crippen LogP contribution >= 0.6 is 0 Å². The smallest absolute Gasteiger partial charge is 0.118 e. The lowest BCUT2D eigenvalue weighted by Crippen LogP contribution is -2.18. The van der Waals surface area contributed by atoms with Crippen molar-refractivity contribution in [2.45, 2.75) is 26.8 Å². The standard InChI is InChI=1S/C18H23NO/c1-14-5-4-6-15(2)18(14)13-19-12-11-16-7-9-17(20-3)10-8-16/h4-10,19H,11-13H2,1-3H3. The van der Waals surface area contributed by atoms with E-state index in [9.17, 15) is 0 Å². The Morgan fingerprint density at radius 2 is 1.60 bits per heavy atom. The quantitative estimate of drug-likeness (QED) is 0.808. The highest BCUT2D eigenvalue weighted by atomic mass is 16.5. The summed E-state index contributed by atoms with van der Waals surface area (Å²) in [6, 6.07) is 14.7. The molecule has 106 valence electrons. The van der Waals surface area contributed by atoms with Crippen molar-refractivity contribution in [2.75, 3.05) is 13.7 Å². The van der Waals surface area contributed by atoms with Gasteiger partial charge in [0.1, 0.15) is 5.75 Å². The van der Waals surface area contributed by atoms with Gasteiger partial charge < -0.3 is 10.1 Å². The van der Waals surface area contributed by atoms with Crippen LogP contribution in [0.15, 0.2) is 42.5 Å². The number of aryl methyl sites for hydroxylation is 2. The van der Waals surface area contributed by atoms with Crippen molar-refractivity contribution < 1.29 is 4.74 Å². The molecule has 2 aromatic rings. The Balaban J connectivity index is 1.81. The van der Waals surface area contributed by atoms with Crippen molar-refractivity contribution in [1.29, 1.82) is 0 Å². The van der Waals surface area contributed by atoms with Crippen LogP contribution in [0.4, 0.5) is 0 Å². The molecule has 20 heavy (non-hydrogen) atoms. The van der Waals surface area contributed by atoms with Gasteiger partial charge in [-0.25, -0.2) is 0 Å². The van der Waals surface area contributed by atoms with Crippen LogP contribution in [0.3, 0.4) is 0 Å². The van der Waals surface area contributed by atoms with E-state index in [1.165, 1.54) is 22.3 Å². The molecule has 2 rings (SSSR count). The van der Waals surface area contributed by atoms with Gasteiger partial charge in [0.2, 0.25) is 0 Å². The maximum Gasteiger partial charge on any atom is 0.118 e. The fraction of sp³-hybridized carbons (Fsp3) is 0.333. The molecule has 0 radical (unpaired) electrons. The third kappa shape index (κ3) is 3.84. The fourth-order valence-electron chi connectivity index (χ4n) is 2.37. The predicted octanol–water partition coefficient (Wildman–Crippen LogP) is 3.64. The molecule has 0 aliphatic carbocycles. The first kappa shape index (κ1) is 14.6. The molecule has 2 heteroatoms. The molecule has 0 saturated heterocycles. The van der Waals surface area contributed by atoms with Crippen LogP contribution in [0.25, 0.3) is 0 Å². The minimum absolute atomic E-state index is 0.914. The molecule has 0 unspecified atom stereocenters. The molecule has 2 nitrogen and oxygen atoms in total. The molecule has 0 heterocycles. The number of nitrogens with one attached hydrogen (secondary N) is 1. The number of methoxy groups -OCH3 is 1. The molecule has 0 fully saturated rings. The number of benzene rings is 2. The summed E-state index contributed by atoms with van der Waals surface area (Å²) >= 11 is 0. The largest absolute Gasteiger partial charge is 0.497 e. The predicted molar refractivity (Wildman–Crippen MR) is 84.3 cm³/mol. The molecule has 0 bridgehead atoms. The Hall–Kier alpha value is -1.80. The zero-order valence-corrected chi connectivity index (χ0v) is 12.6. The van der Waals surface area contributed by atoms with Gasteiger partial charge in [0.15, 0.2) is 0 Å². The van der Waals surface area contributed by atoms with Gasteiger partial charge in [-0.2, -0.15) is 0 Å². The maximum absolute atomic E-state index is 5.16. The van der Waals surface area contributed by atoms with Gasteiger partial charge in [0.25, 0.3) is 0 Å². The van der Waals surface area contributed by atoms with Gasteiger partial charge in [0, 0.05) is 6.54 Å². The van der Waals surface area contributed by atoms with Crippen molar-refractivity contribution in [3.05, 3.63) is 64.7 Å². The molecule has 0 spiro atoms. The van der Waals surface area contributed by atoms with Crippen molar-refractivity contribution >= 4 is 0 Å². The third-order valence-corrected chi connectivity index (χ3v) is 3.70. The van der Waals surface area contributed by atoms with Crippen LogP contribution in [0, 0.1) is 13.8 Å². The third-order valence-electron chi connectivity index (χ3n) is 3.70. The highest BCUT2D eigenvalue weighted by Gasteiger charge is 2.01. The molecule has 0 amide bonds. The number of rotatable bonds is 6. The molecule has 0 aliphatic rings. The minimum Gasteiger partial charge on any atom is -0.497 e. The first-order chi connectivity index (χ1) is 9.70. The van der Waals surface area contributed by atoms with Crippen LogP contribution in [0.2, 0.25) is 0 Å². The molecular formula is C18H23NO. The van der Waals surface area contributed by atoms with Crippen LogP contribution in [-0.4, -0.2) is 13.7 Å². The highest BCUT2D eigenvalue weighted by molar-refractivity contribution is 5.33. The summed E-state index contributed by atoms with van der Waals surface area (Å²) in [5, 5.41) is 3.53. The van der Waals surface area contributed by atoms with Gasteiger partial charge in [-0.15, -0.1) is 0 Å². The average Bonchev–Trinajstić information content (AvgIpc) is 2.46. The topological polar surface area (TPSA) is 21.3 Å². The van der Waals surface area contributed by atoms with E-state index in [0.29, 0.717) is 0 Å². The fourth-order valence-corrected chi connectivity index (χ4v) is 2.37. The van der Waals surface area contributed by atoms with E-state index in [1.807, 2.05) is 12.1 Å². The van der Waals surface area contributed by atoms with E-state index in [1.54, 1.807) is 7.11 Å². The number of hydrogen-bond donors (Lipinski definition) is 1. The lowest BCUT2D eigenvalue weighted by Gasteiger charge is -2.11. The summed E-state index contributed by atoms with van der Waals surface area (Å²) < 4.78 is 5.16. The highest BCUT2D eigenvalue weighted by Crippen LogP contribution is 2.13. The van der Waals surface area contributed by atoms with E-state index in [4.69, 9.17) is 4.74 Å². The van der Waals surface area contributed by atoms with Gasteiger partial charge >= 0.3 is 0 Å². The lowest BCUT2D eigenvalue weighted by atomic mass is 10.0. The van der Waals surface area contributed by atoms with E-state index in [0.717, 1.165) is 25.3 Å². The van der Waals surface area contributed by atoms with Crippen molar-refractivity contribution in [3.8, 4) is 5.75 Å². The zero-order chi connectivity index (χ0) is 14.4. The average molecular weight is 269 g/mol. The minimum atomic E-state index is 0.914. The van der Waals surface area contributed by atoms with E-state index in [2.05, 4.69) is 49.5 Å². The molecule has 0 saturated carbocycles. The van der Waals surface area contributed by atoms with Gasteiger partial charge in [-0.05, 0) is 61.2 Å². The summed E-state index contributed by atoms with van der Waals surface area (Å²) in [6.07, 6.45) is 1.04. The summed E-state index contributed by atoms with van der Waals surface area (Å²) in [4.78, 5) is 0. The van der Waals surface area contributed by atoms with Crippen LogP contribution in [-0.2, 0) is 13.0 Å². The zero-order valence-electron chi connectivity index (χ0n) is 12.6. The second-order valence-corrected chi connectivity index (χ2v) is 5.15. The molecular weight excluding hydrogens is 246 g/mol. The second-order valence-electron chi connectivity index (χ2n) is 5.15. The maximum atomic E-state index is 5.16. The molecule has 0 aliphatic heterocycles. The van der Waals surface area contributed by atoms with E-state index in [-0.39, 0.29) is 0 Å². The Kier molecular flexibility index (Phi) is 5.19. The van der Waals surface area contributed by atoms with Gasteiger partial charge in [-0.1, -0.05) is 30.3 Å². The van der Waals surface area contributed by atoms with E-state index < -0.39 is 0 Å². The van der Waals surface area contributed by atoms with Crippen molar-refractivity contribution in [2.24, 2.45) is 0 Å². The summed E-state index contributed by atoms with van der Waals surface area (Å²) in [5.74, 6) is 0.914. The molecule has 0 atom stereocenters. The van der Waals surface area contributed by atoms with Gasteiger partial charge in [-0.3, -0.25) is 0 Å². The monoisotopic (exact) mass is 269 g/mol. The van der Waals surface area contributed by atoms with Crippen molar-refractivity contribution in [1.82, 2.24) is 5.32 Å². The van der Waals surface area contributed by atoms with Crippen LogP contribution in [0.1, 0.15) is 22.3 Å². The SMILES string of the molecule is COc1ccc(CCNCc2c(C)cccc2C)cc1. The normalized spacial score (nSPS) is 10.6.